The van der Waals surface area contributed by atoms with Gasteiger partial charge < -0.3 is 13.9 Å². The summed E-state index contributed by atoms with van der Waals surface area (Å²) in [6, 6.07) is 19.7. The minimum Gasteiger partial charge on any atom is -0.497 e. The zero-order valence-corrected chi connectivity index (χ0v) is 17.8. The summed E-state index contributed by atoms with van der Waals surface area (Å²) < 4.78 is 18.8. The lowest BCUT2D eigenvalue weighted by molar-refractivity contribution is 0.343. The second-order valence-electron chi connectivity index (χ2n) is 6.71. The molecule has 0 spiro atoms. The van der Waals surface area contributed by atoms with Crippen LogP contribution in [0.1, 0.15) is 11.3 Å². The van der Waals surface area contributed by atoms with Crippen molar-refractivity contribution in [2.75, 3.05) is 19.5 Å². The van der Waals surface area contributed by atoms with Crippen molar-refractivity contribution in [2.24, 2.45) is 0 Å². The number of thioether (sulfide) groups is 1. The van der Waals surface area contributed by atoms with Crippen molar-refractivity contribution in [3.8, 4) is 22.9 Å². The summed E-state index contributed by atoms with van der Waals surface area (Å²) in [5, 5.41) is 9.68. The molecule has 0 atom stereocenters. The fourth-order valence-corrected chi connectivity index (χ4v) is 3.75. The van der Waals surface area contributed by atoms with E-state index in [1.807, 2.05) is 60.7 Å². The van der Waals surface area contributed by atoms with Gasteiger partial charge >= 0.3 is 0 Å². The molecule has 2 heterocycles. The van der Waals surface area contributed by atoms with Crippen molar-refractivity contribution in [2.45, 2.75) is 18.6 Å². The Hall–Kier alpha value is -3.19. The number of furan rings is 1. The van der Waals surface area contributed by atoms with Crippen molar-refractivity contribution < 1.29 is 13.9 Å². The highest BCUT2D eigenvalue weighted by Gasteiger charge is 2.16. The maximum atomic E-state index is 5.84. The molecule has 30 heavy (non-hydrogen) atoms. The summed E-state index contributed by atoms with van der Waals surface area (Å²) in [4.78, 5) is 0. The Morgan fingerprint density at radius 2 is 1.87 bits per heavy atom. The van der Waals surface area contributed by atoms with Crippen LogP contribution >= 0.6 is 11.8 Å². The minimum absolute atomic E-state index is 0.549. The van der Waals surface area contributed by atoms with Crippen LogP contribution in [0.4, 0.5) is 0 Å². The van der Waals surface area contributed by atoms with Gasteiger partial charge in [-0.25, -0.2) is 0 Å². The Balaban J connectivity index is 1.50. The van der Waals surface area contributed by atoms with Gasteiger partial charge in [0.2, 0.25) is 0 Å². The maximum absolute atomic E-state index is 5.84. The molecule has 0 unspecified atom stereocenters. The van der Waals surface area contributed by atoms with Crippen LogP contribution in [-0.2, 0) is 6.54 Å². The normalized spacial score (nSPS) is 10.9. The molecule has 0 aliphatic heterocycles. The molecule has 0 saturated heterocycles. The van der Waals surface area contributed by atoms with E-state index in [9.17, 15) is 0 Å². The van der Waals surface area contributed by atoms with Crippen molar-refractivity contribution in [3.05, 3.63) is 78.3 Å². The van der Waals surface area contributed by atoms with Gasteiger partial charge in [-0.3, -0.25) is 4.57 Å². The van der Waals surface area contributed by atoms with Crippen LogP contribution in [-0.4, -0.2) is 34.2 Å². The summed E-state index contributed by atoms with van der Waals surface area (Å²) in [7, 11) is 1.65. The predicted molar refractivity (Wildman–Crippen MR) is 117 cm³/mol. The van der Waals surface area contributed by atoms with Crippen molar-refractivity contribution in [1.82, 2.24) is 14.8 Å². The first-order valence-corrected chi connectivity index (χ1v) is 10.6. The molecule has 2 aromatic carbocycles. The van der Waals surface area contributed by atoms with E-state index in [0.29, 0.717) is 13.2 Å². The Kier molecular flexibility index (Phi) is 6.39. The Labute approximate surface area is 179 Å². The van der Waals surface area contributed by atoms with Crippen LogP contribution in [0, 0.1) is 6.92 Å². The van der Waals surface area contributed by atoms with Crippen LogP contribution in [0.2, 0.25) is 0 Å². The number of ether oxygens (including phenoxy) is 2. The molecule has 0 N–H and O–H groups in total. The van der Waals surface area contributed by atoms with Crippen molar-refractivity contribution in [1.29, 1.82) is 0 Å². The molecule has 0 fully saturated rings. The first-order chi connectivity index (χ1) is 14.7. The second-order valence-corrected chi connectivity index (χ2v) is 7.78. The minimum atomic E-state index is 0.549. The molecule has 7 heteroatoms. The van der Waals surface area contributed by atoms with Gasteiger partial charge in [0.25, 0.3) is 0 Å². The van der Waals surface area contributed by atoms with Gasteiger partial charge in [0, 0.05) is 11.3 Å². The van der Waals surface area contributed by atoms with Crippen LogP contribution in [0.5, 0.6) is 11.5 Å². The number of aryl methyl sites for hydroxylation is 1. The lowest BCUT2D eigenvalue weighted by Crippen LogP contribution is -2.05. The molecule has 0 amide bonds. The highest BCUT2D eigenvalue weighted by atomic mass is 32.2. The van der Waals surface area contributed by atoms with Gasteiger partial charge in [0.15, 0.2) is 11.0 Å². The molecule has 0 bridgehead atoms. The number of hydrogen-bond acceptors (Lipinski definition) is 6. The molecular weight excluding hydrogens is 398 g/mol. The summed E-state index contributed by atoms with van der Waals surface area (Å²) in [6.45, 7) is 3.19. The van der Waals surface area contributed by atoms with Crippen LogP contribution in [0.15, 0.2) is 76.5 Å². The lowest BCUT2D eigenvalue weighted by atomic mass is 10.2. The van der Waals surface area contributed by atoms with E-state index in [-0.39, 0.29) is 0 Å². The summed E-state index contributed by atoms with van der Waals surface area (Å²) in [5.74, 6) is 4.02. The van der Waals surface area contributed by atoms with E-state index in [4.69, 9.17) is 13.9 Å². The average molecular weight is 422 g/mol. The van der Waals surface area contributed by atoms with E-state index in [1.54, 1.807) is 25.1 Å². The number of nitrogens with zero attached hydrogens (tertiary/aromatic N) is 3. The Bertz CT molecular complexity index is 1080. The van der Waals surface area contributed by atoms with Crippen molar-refractivity contribution in [3.63, 3.8) is 0 Å². The number of rotatable bonds is 9. The SMILES string of the molecule is COc1cccc(-c2nnc(SCCOc3ccc(C)cc3)n2Cc2ccco2)c1. The van der Waals surface area contributed by atoms with E-state index < -0.39 is 0 Å². The molecular formula is C23H23N3O3S. The molecule has 0 saturated carbocycles. The number of methoxy groups -OCH3 is 1. The molecule has 4 aromatic rings. The molecule has 2 aromatic heterocycles. The topological polar surface area (TPSA) is 62.3 Å². The third kappa shape index (κ3) is 4.86. The third-order valence-electron chi connectivity index (χ3n) is 4.54. The molecule has 0 radical (unpaired) electrons. The van der Waals surface area contributed by atoms with Gasteiger partial charge in [0.1, 0.15) is 17.3 Å². The average Bonchev–Trinajstić information content (AvgIpc) is 3.43. The molecule has 0 aliphatic rings. The lowest BCUT2D eigenvalue weighted by Gasteiger charge is -2.10. The smallest absolute Gasteiger partial charge is 0.192 e. The summed E-state index contributed by atoms with van der Waals surface area (Å²) in [5.41, 5.74) is 2.16. The fraction of sp³-hybridized carbons (Fsp3) is 0.217. The number of hydrogen-bond donors (Lipinski definition) is 0. The van der Waals surface area contributed by atoms with Crippen molar-refractivity contribution >= 4 is 11.8 Å². The first kappa shape index (κ1) is 20.1. The second kappa shape index (κ2) is 9.54. The molecule has 6 nitrogen and oxygen atoms in total. The van der Waals surface area contributed by atoms with Crippen LogP contribution in [0.3, 0.4) is 0 Å². The van der Waals surface area contributed by atoms with E-state index in [2.05, 4.69) is 21.7 Å². The van der Waals surface area contributed by atoms with Gasteiger partial charge in [-0.05, 0) is 43.3 Å². The maximum Gasteiger partial charge on any atom is 0.192 e. The zero-order chi connectivity index (χ0) is 20.8. The molecule has 4 rings (SSSR count). The quantitative estimate of drug-likeness (QED) is 0.278. The Morgan fingerprint density at radius 1 is 1.00 bits per heavy atom. The van der Waals surface area contributed by atoms with E-state index in [0.717, 1.165) is 39.6 Å². The monoisotopic (exact) mass is 421 g/mol. The van der Waals surface area contributed by atoms with E-state index in [1.165, 1.54) is 5.56 Å². The zero-order valence-electron chi connectivity index (χ0n) is 16.9. The highest BCUT2D eigenvalue weighted by Crippen LogP contribution is 2.27. The van der Waals surface area contributed by atoms with Gasteiger partial charge in [0.05, 0.1) is 26.5 Å². The van der Waals surface area contributed by atoms with Crippen LogP contribution in [0.25, 0.3) is 11.4 Å². The number of benzene rings is 2. The fourth-order valence-electron chi connectivity index (χ4n) is 3.00. The van der Waals surface area contributed by atoms with Crippen LogP contribution < -0.4 is 9.47 Å². The third-order valence-corrected chi connectivity index (χ3v) is 5.47. The molecule has 0 aliphatic carbocycles. The highest BCUT2D eigenvalue weighted by molar-refractivity contribution is 7.99. The number of aromatic nitrogens is 3. The van der Waals surface area contributed by atoms with E-state index >= 15 is 0 Å². The largest absolute Gasteiger partial charge is 0.497 e. The Morgan fingerprint density at radius 3 is 2.63 bits per heavy atom. The van der Waals surface area contributed by atoms with Gasteiger partial charge in [-0.2, -0.15) is 0 Å². The summed E-state index contributed by atoms with van der Waals surface area (Å²) >= 11 is 1.61. The van der Waals surface area contributed by atoms with Gasteiger partial charge in [-0.15, -0.1) is 10.2 Å². The summed E-state index contributed by atoms with van der Waals surface area (Å²) in [6.07, 6.45) is 1.67. The first-order valence-electron chi connectivity index (χ1n) is 9.65. The predicted octanol–water partition coefficient (Wildman–Crippen LogP) is 5.07. The molecule has 154 valence electrons. The standard InChI is InChI=1S/C23H23N3O3S/c1-17-8-10-19(11-9-17)29-13-14-30-23-25-24-22(18-5-3-6-20(15-18)27-2)26(23)16-21-7-4-12-28-21/h3-12,15H,13-14,16H2,1-2H3. The van der Waals surface area contributed by atoms with Gasteiger partial charge in [-0.1, -0.05) is 41.6 Å².